The van der Waals surface area contributed by atoms with Gasteiger partial charge in [-0.1, -0.05) is 11.3 Å². The molecule has 0 bridgehead atoms. The molecule has 0 atom stereocenters. The van der Waals surface area contributed by atoms with Crippen LogP contribution in [0.1, 0.15) is 22.8 Å². The number of fused-ring (bicyclic) bond motifs is 1. The second-order valence-electron chi connectivity index (χ2n) is 6.91. The van der Waals surface area contributed by atoms with E-state index in [1.54, 1.807) is 16.2 Å². The van der Waals surface area contributed by atoms with E-state index < -0.39 is 11.7 Å². The number of rotatable bonds is 4. The fraction of sp³-hybridized carbons (Fsp3) is 0.333. The molecule has 5 nitrogen and oxygen atoms in total. The number of benzene rings is 2. The maximum Gasteiger partial charge on any atom is 0.416 e. The van der Waals surface area contributed by atoms with Crippen LogP contribution in [0.5, 0.6) is 5.75 Å². The van der Waals surface area contributed by atoms with Crippen LogP contribution in [0.25, 0.3) is 10.2 Å². The largest absolute Gasteiger partial charge is 0.494 e. The molecule has 30 heavy (non-hydrogen) atoms. The molecule has 2 heterocycles. The zero-order valence-corrected chi connectivity index (χ0v) is 17.1. The molecule has 1 aliphatic rings. The second kappa shape index (κ2) is 8.14. The van der Waals surface area contributed by atoms with Crippen LogP contribution < -0.4 is 9.64 Å². The molecule has 158 valence electrons. The minimum atomic E-state index is -4.41. The van der Waals surface area contributed by atoms with E-state index in [4.69, 9.17) is 4.74 Å². The molecule has 1 aliphatic heterocycles. The first-order valence-electron chi connectivity index (χ1n) is 9.60. The van der Waals surface area contributed by atoms with E-state index in [1.165, 1.54) is 12.1 Å². The van der Waals surface area contributed by atoms with Crippen molar-refractivity contribution in [2.75, 3.05) is 37.7 Å². The van der Waals surface area contributed by atoms with E-state index in [2.05, 4.69) is 9.88 Å². The lowest BCUT2D eigenvalue weighted by Gasteiger charge is -2.34. The molecule has 0 radical (unpaired) electrons. The van der Waals surface area contributed by atoms with Crippen LogP contribution in [0.2, 0.25) is 0 Å². The Hall–Kier alpha value is -2.81. The standard InChI is InChI=1S/C21H20F3N3O2S/c1-2-29-16-7-8-17-18(13-16)30-20(25-17)27-11-9-26(10-12-27)19(28)14-3-5-15(6-4-14)21(22,23)24/h3-8,13H,2,9-12H2,1H3. The Morgan fingerprint density at radius 3 is 2.43 bits per heavy atom. The highest BCUT2D eigenvalue weighted by Gasteiger charge is 2.31. The van der Waals surface area contributed by atoms with Gasteiger partial charge >= 0.3 is 6.18 Å². The predicted molar refractivity (Wildman–Crippen MR) is 110 cm³/mol. The highest BCUT2D eigenvalue weighted by Crippen LogP contribution is 2.32. The van der Waals surface area contributed by atoms with E-state index in [-0.39, 0.29) is 11.5 Å². The van der Waals surface area contributed by atoms with Gasteiger partial charge in [-0.2, -0.15) is 13.2 Å². The summed E-state index contributed by atoms with van der Waals surface area (Å²) in [6.07, 6.45) is -4.41. The van der Waals surface area contributed by atoms with E-state index >= 15 is 0 Å². The Kier molecular flexibility index (Phi) is 5.55. The van der Waals surface area contributed by atoms with E-state index in [1.807, 2.05) is 25.1 Å². The Morgan fingerprint density at radius 1 is 1.10 bits per heavy atom. The molecule has 1 saturated heterocycles. The lowest BCUT2D eigenvalue weighted by molar-refractivity contribution is -0.137. The summed E-state index contributed by atoms with van der Waals surface area (Å²) >= 11 is 1.58. The van der Waals surface area contributed by atoms with Crippen molar-refractivity contribution >= 4 is 32.6 Å². The lowest BCUT2D eigenvalue weighted by atomic mass is 10.1. The van der Waals surface area contributed by atoms with Gasteiger partial charge in [0, 0.05) is 31.7 Å². The Bertz CT molecular complexity index is 1040. The number of hydrogen-bond donors (Lipinski definition) is 0. The third-order valence-electron chi connectivity index (χ3n) is 4.96. The fourth-order valence-corrected chi connectivity index (χ4v) is 4.42. The first-order valence-corrected chi connectivity index (χ1v) is 10.4. The molecule has 4 rings (SSSR count). The van der Waals surface area contributed by atoms with Gasteiger partial charge in [0.2, 0.25) is 0 Å². The molecule has 1 fully saturated rings. The van der Waals surface area contributed by atoms with Gasteiger partial charge in [0.15, 0.2) is 5.13 Å². The minimum Gasteiger partial charge on any atom is -0.494 e. The number of anilines is 1. The molecule has 0 aliphatic carbocycles. The maximum atomic E-state index is 12.7. The number of aromatic nitrogens is 1. The smallest absolute Gasteiger partial charge is 0.416 e. The number of carbonyl (C=O) groups excluding carboxylic acids is 1. The number of carbonyl (C=O) groups is 1. The molecular weight excluding hydrogens is 415 g/mol. The zero-order valence-electron chi connectivity index (χ0n) is 16.3. The average Bonchev–Trinajstić information content (AvgIpc) is 3.16. The quantitative estimate of drug-likeness (QED) is 0.597. The van der Waals surface area contributed by atoms with Crippen LogP contribution in [-0.2, 0) is 6.18 Å². The number of hydrogen-bond acceptors (Lipinski definition) is 5. The highest BCUT2D eigenvalue weighted by molar-refractivity contribution is 7.22. The second-order valence-corrected chi connectivity index (χ2v) is 7.92. The normalized spacial score (nSPS) is 14.9. The van der Waals surface area contributed by atoms with Crippen LogP contribution in [0, 0.1) is 0 Å². The average molecular weight is 435 g/mol. The summed E-state index contributed by atoms with van der Waals surface area (Å²) in [5, 5.41) is 0.889. The summed E-state index contributed by atoms with van der Waals surface area (Å²) < 4.78 is 44.7. The van der Waals surface area contributed by atoms with Crippen molar-refractivity contribution in [3.63, 3.8) is 0 Å². The molecule has 0 saturated carbocycles. The van der Waals surface area contributed by atoms with Gasteiger partial charge in [0.25, 0.3) is 5.91 Å². The van der Waals surface area contributed by atoms with Crippen molar-refractivity contribution in [1.29, 1.82) is 0 Å². The number of halogens is 3. The van der Waals surface area contributed by atoms with Crippen molar-refractivity contribution in [3.05, 3.63) is 53.6 Å². The number of piperazine rings is 1. The van der Waals surface area contributed by atoms with E-state index in [0.717, 1.165) is 33.2 Å². The number of ether oxygens (including phenoxy) is 1. The molecule has 1 amide bonds. The third kappa shape index (κ3) is 4.21. The van der Waals surface area contributed by atoms with E-state index in [9.17, 15) is 18.0 Å². The van der Waals surface area contributed by atoms with Crippen molar-refractivity contribution in [2.24, 2.45) is 0 Å². The highest BCUT2D eigenvalue weighted by atomic mass is 32.1. The summed E-state index contributed by atoms with van der Waals surface area (Å²) in [6, 6.07) is 10.2. The Labute approximate surface area is 175 Å². The van der Waals surface area contributed by atoms with Gasteiger partial charge in [-0.25, -0.2) is 4.98 Å². The molecule has 0 unspecified atom stereocenters. The SMILES string of the molecule is CCOc1ccc2nc(N3CCN(C(=O)c4ccc(C(F)(F)F)cc4)CC3)sc2c1. The number of alkyl halides is 3. The van der Waals surface area contributed by atoms with Crippen molar-refractivity contribution in [1.82, 2.24) is 9.88 Å². The topological polar surface area (TPSA) is 45.7 Å². The summed E-state index contributed by atoms with van der Waals surface area (Å²) in [5.41, 5.74) is 0.411. The maximum absolute atomic E-state index is 12.7. The summed E-state index contributed by atoms with van der Waals surface area (Å²) in [4.78, 5) is 21.1. The number of amides is 1. The number of nitrogens with zero attached hydrogens (tertiary/aromatic N) is 3. The fourth-order valence-electron chi connectivity index (χ4n) is 3.37. The van der Waals surface area contributed by atoms with Crippen LogP contribution in [0.15, 0.2) is 42.5 Å². The van der Waals surface area contributed by atoms with Crippen molar-refractivity contribution in [3.8, 4) is 5.75 Å². The third-order valence-corrected chi connectivity index (χ3v) is 6.04. The first-order chi connectivity index (χ1) is 14.3. The Balaban J connectivity index is 1.41. The zero-order chi connectivity index (χ0) is 21.3. The number of thiazole rings is 1. The first kappa shape index (κ1) is 20.5. The van der Waals surface area contributed by atoms with Crippen LogP contribution in [0.3, 0.4) is 0 Å². The van der Waals surface area contributed by atoms with Gasteiger partial charge in [-0.05, 0) is 49.4 Å². The molecular formula is C21H20F3N3O2S. The molecule has 1 aromatic heterocycles. The molecule has 2 aromatic carbocycles. The summed E-state index contributed by atoms with van der Waals surface area (Å²) in [6.45, 7) is 4.74. The molecule has 3 aromatic rings. The molecule has 0 N–H and O–H groups in total. The van der Waals surface area contributed by atoms with Gasteiger partial charge < -0.3 is 14.5 Å². The monoisotopic (exact) mass is 435 g/mol. The van der Waals surface area contributed by atoms with Crippen LogP contribution in [0.4, 0.5) is 18.3 Å². The molecule has 0 spiro atoms. The van der Waals surface area contributed by atoms with Crippen molar-refractivity contribution in [2.45, 2.75) is 13.1 Å². The van der Waals surface area contributed by atoms with Gasteiger partial charge in [0.1, 0.15) is 5.75 Å². The lowest BCUT2D eigenvalue weighted by Crippen LogP contribution is -2.48. The van der Waals surface area contributed by atoms with Crippen LogP contribution >= 0.6 is 11.3 Å². The van der Waals surface area contributed by atoms with E-state index in [0.29, 0.717) is 32.8 Å². The van der Waals surface area contributed by atoms with Gasteiger partial charge in [0.05, 0.1) is 22.4 Å². The van der Waals surface area contributed by atoms with Crippen molar-refractivity contribution < 1.29 is 22.7 Å². The predicted octanol–water partition coefficient (Wildman–Crippen LogP) is 4.68. The minimum absolute atomic E-state index is 0.256. The Morgan fingerprint density at radius 2 is 1.80 bits per heavy atom. The van der Waals surface area contributed by atoms with Crippen LogP contribution in [-0.4, -0.2) is 48.6 Å². The summed E-state index contributed by atoms with van der Waals surface area (Å²) in [7, 11) is 0. The van der Waals surface area contributed by atoms with Gasteiger partial charge in [-0.15, -0.1) is 0 Å². The summed E-state index contributed by atoms with van der Waals surface area (Å²) in [5.74, 6) is 0.557. The van der Waals surface area contributed by atoms with Gasteiger partial charge in [-0.3, -0.25) is 4.79 Å². The molecule has 9 heteroatoms.